The molecule has 32 heavy (non-hydrogen) atoms. The normalized spacial score (nSPS) is 10.8. The van der Waals surface area contributed by atoms with Gasteiger partial charge in [-0.3, -0.25) is 5.10 Å². The minimum absolute atomic E-state index is 0.0618. The molecule has 4 aromatic rings. The predicted molar refractivity (Wildman–Crippen MR) is 119 cm³/mol. The first-order valence-corrected chi connectivity index (χ1v) is 10.1. The number of hydrogen-bond donors (Lipinski definition) is 2. The lowest BCUT2D eigenvalue weighted by Crippen LogP contribution is -1.99. The highest BCUT2D eigenvalue weighted by Crippen LogP contribution is 2.40. The lowest BCUT2D eigenvalue weighted by molar-refractivity contribution is 0.298. The van der Waals surface area contributed by atoms with Crippen molar-refractivity contribution in [3.63, 3.8) is 0 Å². The molecule has 0 radical (unpaired) electrons. The van der Waals surface area contributed by atoms with Crippen LogP contribution in [0, 0.1) is 12.7 Å². The van der Waals surface area contributed by atoms with Gasteiger partial charge in [-0.1, -0.05) is 17.7 Å². The maximum Gasteiger partial charge on any atom is 0.176 e. The number of ether oxygens (including phenoxy) is 3. The van der Waals surface area contributed by atoms with Gasteiger partial charge in [0.2, 0.25) is 0 Å². The van der Waals surface area contributed by atoms with Crippen LogP contribution in [-0.4, -0.2) is 22.4 Å². The topological polar surface area (TPSA) is 76.6 Å². The van der Waals surface area contributed by atoms with Crippen LogP contribution in [0.1, 0.15) is 11.3 Å². The summed E-state index contributed by atoms with van der Waals surface area (Å²) in [7, 11) is 1.59. The van der Waals surface area contributed by atoms with Crippen LogP contribution in [-0.2, 0) is 6.61 Å². The van der Waals surface area contributed by atoms with Gasteiger partial charge in [0, 0.05) is 17.2 Å². The number of H-pyrrole nitrogens is 1. The number of methoxy groups -OCH3 is 1. The van der Waals surface area contributed by atoms with Gasteiger partial charge in [-0.05, 0) is 55.5 Å². The van der Waals surface area contributed by atoms with Crippen LogP contribution in [0.15, 0.2) is 60.7 Å². The molecular formula is C24H20ClFN2O4. The Balaban J connectivity index is 1.55. The molecule has 0 aliphatic carbocycles. The monoisotopic (exact) mass is 454 g/mol. The number of nitrogens with zero attached hydrogens (tertiary/aromatic N) is 1. The molecule has 1 heterocycles. The van der Waals surface area contributed by atoms with Gasteiger partial charge >= 0.3 is 0 Å². The Kier molecular flexibility index (Phi) is 6.18. The quantitative estimate of drug-likeness (QED) is 0.344. The molecule has 0 bridgehead atoms. The summed E-state index contributed by atoms with van der Waals surface area (Å²) in [6, 6.07) is 16.3. The van der Waals surface area contributed by atoms with Gasteiger partial charge in [0.05, 0.1) is 17.8 Å². The molecule has 0 amide bonds. The molecule has 0 aliphatic heterocycles. The molecule has 0 fully saturated rings. The smallest absolute Gasteiger partial charge is 0.176 e. The SMILES string of the molecule is COc1ccc(Oc2c(-c3ccc(OCc4c(F)cccc4Cl)cc3O)n[nH]c2C)cc1. The summed E-state index contributed by atoms with van der Waals surface area (Å²) >= 11 is 6.03. The summed E-state index contributed by atoms with van der Waals surface area (Å²) in [5, 5.41) is 18.1. The van der Waals surface area contributed by atoms with Crippen LogP contribution in [0.3, 0.4) is 0 Å². The summed E-state index contributed by atoms with van der Waals surface area (Å²) < 4.78 is 30.7. The number of benzene rings is 3. The minimum atomic E-state index is -0.453. The second-order valence-electron chi connectivity index (χ2n) is 6.97. The van der Waals surface area contributed by atoms with E-state index in [9.17, 15) is 9.50 Å². The van der Waals surface area contributed by atoms with E-state index < -0.39 is 5.82 Å². The lowest BCUT2D eigenvalue weighted by atomic mass is 10.1. The molecular weight excluding hydrogens is 435 g/mol. The maximum absolute atomic E-state index is 13.9. The Morgan fingerprint density at radius 2 is 1.75 bits per heavy atom. The van der Waals surface area contributed by atoms with Crippen LogP contribution in [0.2, 0.25) is 5.02 Å². The number of phenols is 1. The Morgan fingerprint density at radius 3 is 2.44 bits per heavy atom. The highest BCUT2D eigenvalue weighted by atomic mass is 35.5. The molecule has 0 unspecified atom stereocenters. The van der Waals surface area contributed by atoms with Crippen molar-refractivity contribution in [2.75, 3.05) is 7.11 Å². The summed E-state index contributed by atoms with van der Waals surface area (Å²) in [5.74, 6) is 1.63. The molecule has 4 rings (SSSR count). The number of aryl methyl sites for hydroxylation is 1. The van der Waals surface area contributed by atoms with Crippen molar-refractivity contribution in [1.82, 2.24) is 10.2 Å². The van der Waals surface area contributed by atoms with E-state index in [0.717, 1.165) is 0 Å². The molecule has 1 aromatic heterocycles. The number of aromatic nitrogens is 2. The third-order valence-electron chi connectivity index (χ3n) is 4.84. The van der Waals surface area contributed by atoms with Crippen LogP contribution in [0.5, 0.6) is 28.7 Å². The Hall–Kier alpha value is -3.71. The second kappa shape index (κ2) is 9.20. The Labute approximate surface area is 189 Å². The fourth-order valence-electron chi connectivity index (χ4n) is 3.12. The van der Waals surface area contributed by atoms with Crippen molar-refractivity contribution >= 4 is 11.6 Å². The van der Waals surface area contributed by atoms with Gasteiger partial charge < -0.3 is 19.3 Å². The first-order valence-electron chi connectivity index (χ1n) is 9.72. The zero-order chi connectivity index (χ0) is 22.7. The highest BCUT2D eigenvalue weighted by Gasteiger charge is 2.19. The summed E-state index contributed by atoms with van der Waals surface area (Å²) in [4.78, 5) is 0. The van der Waals surface area contributed by atoms with Crippen LogP contribution < -0.4 is 14.2 Å². The van der Waals surface area contributed by atoms with Gasteiger partial charge in [-0.2, -0.15) is 5.10 Å². The molecule has 6 nitrogen and oxygen atoms in total. The fourth-order valence-corrected chi connectivity index (χ4v) is 3.33. The van der Waals surface area contributed by atoms with Crippen LogP contribution >= 0.6 is 11.6 Å². The van der Waals surface area contributed by atoms with E-state index in [2.05, 4.69) is 10.2 Å². The minimum Gasteiger partial charge on any atom is -0.507 e. The second-order valence-corrected chi connectivity index (χ2v) is 7.38. The standard InChI is InChI=1S/C24H20ClFN2O4/c1-14-24(32-16-8-6-15(30-2)7-9-16)23(28-27-14)18-11-10-17(12-22(18)29)31-13-19-20(25)4-3-5-21(19)26/h3-12,29H,13H2,1-2H3,(H,27,28). The average molecular weight is 455 g/mol. The van der Waals surface area contributed by atoms with Gasteiger partial charge in [0.1, 0.15) is 41.1 Å². The zero-order valence-corrected chi connectivity index (χ0v) is 18.1. The molecule has 0 saturated carbocycles. The first-order chi connectivity index (χ1) is 15.5. The van der Waals surface area contributed by atoms with E-state index in [1.54, 1.807) is 49.6 Å². The predicted octanol–water partition coefficient (Wildman–Crippen LogP) is 6.26. The van der Waals surface area contributed by atoms with Crippen molar-refractivity contribution in [2.24, 2.45) is 0 Å². The van der Waals surface area contributed by atoms with Crippen molar-refractivity contribution in [1.29, 1.82) is 0 Å². The molecule has 164 valence electrons. The maximum atomic E-state index is 13.9. The zero-order valence-electron chi connectivity index (χ0n) is 17.4. The third kappa shape index (κ3) is 4.48. The number of aromatic hydroxyl groups is 1. The van der Waals surface area contributed by atoms with E-state index in [1.807, 2.05) is 6.92 Å². The van der Waals surface area contributed by atoms with Gasteiger partial charge in [0.15, 0.2) is 5.75 Å². The van der Waals surface area contributed by atoms with Gasteiger partial charge in [-0.15, -0.1) is 0 Å². The number of phenolic OH excluding ortho intramolecular Hbond substituents is 1. The number of rotatable bonds is 7. The molecule has 0 spiro atoms. The number of aromatic amines is 1. The first kappa shape index (κ1) is 21.5. The van der Waals surface area contributed by atoms with E-state index >= 15 is 0 Å². The van der Waals surface area contributed by atoms with Crippen molar-refractivity contribution in [3.8, 4) is 40.0 Å². The van der Waals surface area contributed by atoms with Crippen molar-refractivity contribution in [3.05, 3.63) is 82.8 Å². The third-order valence-corrected chi connectivity index (χ3v) is 5.19. The van der Waals surface area contributed by atoms with E-state index in [0.29, 0.717) is 39.9 Å². The largest absolute Gasteiger partial charge is 0.507 e. The van der Waals surface area contributed by atoms with Crippen LogP contribution in [0.25, 0.3) is 11.3 Å². The molecule has 0 atom stereocenters. The van der Waals surface area contributed by atoms with E-state index in [-0.39, 0.29) is 22.9 Å². The average Bonchev–Trinajstić information content (AvgIpc) is 3.14. The van der Waals surface area contributed by atoms with Gasteiger partial charge in [-0.25, -0.2) is 4.39 Å². The molecule has 0 aliphatic rings. The molecule has 3 aromatic carbocycles. The Morgan fingerprint density at radius 1 is 1.03 bits per heavy atom. The number of hydrogen-bond acceptors (Lipinski definition) is 5. The molecule has 0 saturated heterocycles. The fraction of sp³-hybridized carbons (Fsp3) is 0.125. The summed E-state index contributed by atoms with van der Waals surface area (Å²) in [6.07, 6.45) is 0. The van der Waals surface area contributed by atoms with Crippen LogP contribution in [0.4, 0.5) is 4.39 Å². The summed E-state index contributed by atoms with van der Waals surface area (Å²) in [5.41, 5.74) is 1.84. The Bertz CT molecular complexity index is 1220. The molecule has 2 N–H and O–H groups in total. The highest BCUT2D eigenvalue weighted by molar-refractivity contribution is 6.31. The lowest BCUT2D eigenvalue weighted by Gasteiger charge is -2.11. The number of nitrogens with one attached hydrogen (secondary N) is 1. The van der Waals surface area contributed by atoms with Crippen molar-refractivity contribution < 1.29 is 23.7 Å². The van der Waals surface area contributed by atoms with Gasteiger partial charge in [0.25, 0.3) is 0 Å². The number of halogens is 2. The van der Waals surface area contributed by atoms with E-state index in [4.69, 9.17) is 25.8 Å². The van der Waals surface area contributed by atoms with E-state index in [1.165, 1.54) is 18.2 Å². The van der Waals surface area contributed by atoms with Crippen molar-refractivity contribution in [2.45, 2.75) is 13.5 Å². The molecule has 8 heteroatoms. The summed E-state index contributed by atoms with van der Waals surface area (Å²) in [6.45, 7) is 1.75.